The quantitative estimate of drug-likeness (QED) is 0.773. The number of halogens is 1. The summed E-state index contributed by atoms with van der Waals surface area (Å²) in [5.74, 6) is -1.38. The van der Waals surface area contributed by atoms with Gasteiger partial charge in [-0.2, -0.15) is 0 Å². The molecular formula is C12H9FN4O2S. The van der Waals surface area contributed by atoms with E-state index in [0.717, 1.165) is 28.2 Å². The fraction of sp³-hybridized carbons (Fsp3) is 0.167. The lowest BCUT2D eigenvalue weighted by atomic mass is 10.2. The van der Waals surface area contributed by atoms with E-state index in [9.17, 15) is 9.18 Å². The number of imidazole rings is 1. The second kappa shape index (κ2) is 4.64. The van der Waals surface area contributed by atoms with Crippen molar-refractivity contribution >= 4 is 28.5 Å². The Balaban J connectivity index is 2.25. The molecule has 8 heteroatoms. The van der Waals surface area contributed by atoms with Crippen molar-refractivity contribution in [3.05, 3.63) is 29.2 Å². The summed E-state index contributed by atoms with van der Waals surface area (Å²) in [6.07, 6.45) is 0.684. The van der Waals surface area contributed by atoms with E-state index >= 15 is 0 Å². The van der Waals surface area contributed by atoms with Crippen molar-refractivity contribution in [1.29, 1.82) is 0 Å². The highest BCUT2D eigenvalue weighted by molar-refractivity contribution is 7.09. The second-order valence-electron chi connectivity index (χ2n) is 4.14. The zero-order valence-electron chi connectivity index (χ0n) is 10.3. The lowest BCUT2D eigenvalue weighted by Gasteiger charge is -1.95. The molecule has 2 N–H and O–H groups in total. The van der Waals surface area contributed by atoms with E-state index in [-0.39, 0.29) is 11.1 Å². The lowest BCUT2D eigenvalue weighted by molar-refractivity contribution is 0.0698. The van der Waals surface area contributed by atoms with E-state index < -0.39 is 11.8 Å². The average Bonchev–Trinajstić information content (AvgIpc) is 3.02. The van der Waals surface area contributed by atoms with Crippen LogP contribution in [0.4, 0.5) is 4.39 Å². The van der Waals surface area contributed by atoms with Gasteiger partial charge in [-0.25, -0.2) is 14.2 Å². The van der Waals surface area contributed by atoms with Crippen molar-refractivity contribution in [2.24, 2.45) is 0 Å². The second-order valence-corrected chi connectivity index (χ2v) is 4.90. The number of H-pyrrole nitrogens is 1. The molecule has 0 saturated heterocycles. The number of hydrogen-bond donors (Lipinski definition) is 2. The van der Waals surface area contributed by atoms with Gasteiger partial charge < -0.3 is 10.1 Å². The maximum Gasteiger partial charge on any atom is 0.338 e. The van der Waals surface area contributed by atoms with Gasteiger partial charge in [0.05, 0.1) is 16.8 Å². The molecule has 0 saturated carbocycles. The number of carboxylic acid groups (broad SMARTS) is 1. The van der Waals surface area contributed by atoms with Crippen LogP contribution in [0.3, 0.4) is 0 Å². The van der Waals surface area contributed by atoms with Gasteiger partial charge >= 0.3 is 5.97 Å². The molecule has 0 aliphatic carbocycles. The molecule has 0 unspecified atom stereocenters. The first-order valence-electron chi connectivity index (χ1n) is 5.84. The zero-order chi connectivity index (χ0) is 14.3. The van der Waals surface area contributed by atoms with Crippen LogP contribution in [0.5, 0.6) is 0 Å². The predicted octanol–water partition coefficient (Wildman–Crippen LogP) is 2.48. The highest BCUT2D eigenvalue weighted by Gasteiger charge is 2.18. The van der Waals surface area contributed by atoms with Crippen LogP contribution in [0, 0.1) is 5.82 Å². The van der Waals surface area contributed by atoms with Crippen LogP contribution in [0.1, 0.15) is 23.0 Å². The molecule has 0 aliphatic rings. The van der Waals surface area contributed by atoms with Crippen LogP contribution in [0.2, 0.25) is 0 Å². The summed E-state index contributed by atoms with van der Waals surface area (Å²) in [6.45, 7) is 1.94. The monoisotopic (exact) mass is 292 g/mol. The number of carboxylic acids is 1. The number of aromatic nitrogens is 4. The van der Waals surface area contributed by atoms with Crippen LogP contribution < -0.4 is 0 Å². The Bertz CT molecular complexity index is 811. The molecule has 3 aromatic rings. The first-order valence-corrected chi connectivity index (χ1v) is 6.61. The third-order valence-corrected chi connectivity index (χ3v) is 3.66. The number of aromatic amines is 1. The van der Waals surface area contributed by atoms with Gasteiger partial charge in [-0.3, -0.25) is 0 Å². The first-order chi connectivity index (χ1) is 9.60. The summed E-state index contributed by atoms with van der Waals surface area (Å²) >= 11 is 1.16. The van der Waals surface area contributed by atoms with E-state index in [1.54, 1.807) is 0 Å². The number of benzene rings is 1. The largest absolute Gasteiger partial charge is 0.478 e. The molecule has 0 bridgehead atoms. The van der Waals surface area contributed by atoms with Gasteiger partial charge in [-0.1, -0.05) is 11.4 Å². The van der Waals surface area contributed by atoms with Crippen LogP contribution >= 0.6 is 11.5 Å². The molecule has 20 heavy (non-hydrogen) atoms. The van der Waals surface area contributed by atoms with Crippen molar-refractivity contribution in [3.8, 4) is 10.7 Å². The maximum atomic E-state index is 13.4. The number of hydrogen-bond acceptors (Lipinski definition) is 5. The summed E-state index contributed by atoms with van der Waals surface area (Å²) in [6, 6.07) is 2.18. The molecular weight excluding hydrogens is 283 g/mol. The summed E-state index contributed by atoms with van der Waals surface area (Å²) in [5, 5.41) is 13.1. The molecule has 1 aromatic carbocycles. The van der Waals surface area contributed by atoms with Crippen molar-refractivity contribution in [3.63, 3.8) is 0 Å². The number of nitrogens with one attached hydrogen (secondary N) is 1. The standard InChI is InChI=1S/C12H9FN4O2S/c1-2-7-10(20-17-16-7)11-14-8-4-5(13)3-6(12(18)19)9(8)15-11/h3-4H,2H2,1H3,(H,14,15)(H,18,19). The molecule has 3 rings (SSSR count). The van der Waals surface area contributed by atoms with Gasteiger partial charge in [0.25, 0.3) is 0 Å². The van der Waals surface area contributed by atoms with Crippen molar-refractivity contribution < 1.29 is 14.3 Å². The molecule has 6 nitrogen and oxygen atoms in total. The van der Waals surface area contributed by atoms with E-state index in [0.29, 0.717) is 17.8 Å². The maximum absolute atomic E-state index is 13.4. The molecule has 102 valence electrons. The van der Waals surface area contributed by atoms with Crippen LogP contribution in [-0.4, -0.2) is 30.6 Å². The number of aryl methyl sites for hydroxylation is 1. The zero-order valence-corrected chi connectivity index (χ0v) is 11.2. The van der Waals surface area contributed by atoms with Crippen molar-refractivity contribution in [2.75, 3.05) is 0 Å². The van der Waals surface area contributed by atoms with Crippen LogP contribution in [0.25, 0.3) is 21.7 Å². The Labute approximate surface area is 116 Å². The van der Waals surface area contributed by atoms with Crippen LogP contribution in [0.15, 0.2) is 12.1 Å². The topological polar surface area (TPSA) is 91.8 Å². The number of aromatic carboxylic acids is 1. The van der Waals surface area contributed by atoms with E-state index in [2.05, 4.69) is 19.6 Å². The number of rotatable bonds is 3. The molecule has 0 atom stereocenters. The Hall–Kier alpha value is -2.35. The Morgan fingerprint density at radius 1 is 1.50 bits per heavy atom. The van der Waals surface area contributed by atoms with Gasteiger partial charge in [-0.15, -0.1) is 5.10 Å². The summed E-state index contributed by atoms with van der Waals surface area (Å²) in [7, 11) is 0. The first kappa shape index (κ1) is 12.7. The molecule has 0 fully saturated rings. The van der Waals surface area contributed by atoms with Gasteiger partial charge in [-0.05, 0) is 30.1 Å². The van der Waals surface area contributed by atoms with Crippen LogP contribution in [-0.2, 0) is 6.42 Å². The minimum atomic E-state index is -1.22. The fourth-order valence-corrected chi connectivity index (χ4v) is 2.67. The molecule has 2 aromatic heterocycles. The van der Waals surface area contributed by atoms with Gasteiger partial charge in [0, 0.05) is 0 Å². The van der Waals surface area contributed by atoms with Gasteiger partial charge in [0.15, 0.2) is 5.82 Å². The number of fused-ring (bicyclic) bond motifs is 1. The normalized spacial score (nSPS) is 11.1. The van der Waals surface area contributed by atoms with Crippen molar-refractivity contribution in [2.45, 2.75) is 13.3 Å². The molecule has 0 spiro atoms. The summed E-state index contributed by atoms with van der Waals surface area (Å²) < 4.78 is 17.3. The Morgan fingerprint density at radius 2 is 2.30 bits per heavy atom. The average molecular weight is 292 g/mol. The Morgan fingerprint density at radius 3 is 3.00 bits per heavy atom. The minimum absolute atomic E-state index is 0.168. The third kappa shape index (κ3) is 1.94. The highest BCUT2D eigenvalue weighted by Crippen LogP contribution is 2.28. The summed E-state index contributed by atoms with van der Waals surface area (Å²) in [4.78, 5) is 19.1. The number of nitrogens with zero attached hydrogens (tertiary/aromatic N) is 3. The molecule has 0 amide bonds. The fourth-order valence-electron chi connectivity index (χ4n) is 1.97. The highest BCUT2D eigenvalue weighted by atomic mass is 32.1. The van der Waals surface area contributed by atoms with Gasteiger partial charge in [0.2, 0.25) is 0 Å². The molecule has 2 heterocycles. The molecule has 0 aliphatic heterocycles. The summed E-state index contributed by atoms with van der Waals surface area (Å²) in [5.41, 5.74) is 1.17. The van der Waals surface area contributed by atoms with E-state index in [1.807, 2.05) is 6.92 Å². The predicted molar refractivity (Wildman–Crippen MR) is 71.3 cm³/mol. The Kier molecular flexibility index (Phi) is 2.94. The SMILES string of the molecule is CCc1nnsc1-c1nc2c(C(=O)O)cc(F)cc2[nH]1. The van der Waals surface area contributed by atoms with E-state index in [1.165, 1.54) is 6.07 Å². The third-order valence-electron chi connectivity index (χ3n) is 2.89. The molecule has 0 radical (unpaired) electrons. The van der Waals surface area contributed by atoms with E-state index in [4.69, 9.17) is 5.11 Å². The smallest absolute Gasteiger partial charge is 0.338 e. The van der Waals surface area contributed by atoms with Crippen molar-refractivity contribution in [1.82, 2.24) is 19.6 Å². The number of carbonyl (C=O) groups is 1. The van der Waals surface area contributed by atoms with Gasteiger partial charge in [0.1, 0.15) is 16.2 Å². The minimum Gasteiger partial charge on any atom is -0.478 e. The lowest BCUT2D eigenvalue weighted by Crippen LogP contribution is -1.98.